The number of nitrogen functional groups attached to an aromatic ring is 1. The van der Waals surface area contributed by atoms with E-state index in [1.54, 1.807) is 0 Å². The Hall–Kier alpha value is -2.30. The van der Waals surface area contributed by atoms with E-state index in [2.05, 4.69) is 24.0 Å². The van der Waals surface area contributed by atoms with Gasteiger partial charge in [0.15, 0.2) is 24.0 Å². The number of hydrogen-bond acceptors (Lipinski definition) is 15. The van der Waals surface area contributed by atoms with Crippen molar-refractivity contribution in [2.24, 2.45) is 0 Å². The number of fused-ring (bicyclic) bond motifs is 1. The highest BCUT2D eigenvalue weighted by Crippen LogP contribution is 2.49. The number of nitrogens with zero attached hydrogens (tertiary/aromatic N) is 4. The minimum absolute atomic E-state index is 0.0126. The fourth-order valence-corrected chi connectivity index (χ4v) is 7.52. The van der Waals surface area contributed by atoms with Crippen LogP contribution in [0.15, 0.2) is 43.0 Å². The second kappa shape index (κ2) is 15.7. The number of anilines is 1. The second-order valence-electron chi connectivity index (χ2n) is 11.4. The molecule has 278 valence electrons. The summed E-state index contributed by atoms with van der Waals surface area (Å²) in [4.78, 5) is 69.9. The maximum Gasteiger partial charge on any atom is 0.470 e. The number of aryl methyl sites for hydroxylation is 1. The Bertz CT molecular complexity index is 1740. The molecule has 3 aromatic rings. The number of aliphatic hydroxyl groups is 2. The van der Waals surface area contributed by atoms with Gasteiger partial charge in [-0.25, -0.2) is 28.6 Å². The lowest BCUT2D eigenvalue weighted by atomic mass is 9.98. The van der Waals surface area contributed by atoms with Crippen molar-refractivity contribution in [3.63, 3.8) is 0 Å². The zero-order valence-electron chi connectivity index (χ0n) is 25.7. The minimum atomic E-state index is -5.51. The van der Waals surface area contributed by atoms with Gasteiger partial charge in [0.2, 0.25) is 0 Å². The number of nitrogens with two attached hydrogens (primary N) is 1. The molecule has 9 atom stereocenters. The van der Waals surface area contributed by atoms with Gasteiger partial charge >= 0.3 is 23.5 Å². The number of phosphoric ester groups is 3. The highest BCUT2D eigenvalue weighted by atomic mass is 31.2. The molecule has 0 bridgehead atoms. The molecule has 22 nitrogen and oxygen atoms in total. The summed E-state index contributed by atoms with van der Waals surface area (Å²) in [5, 5.41) is 21.2. The van der Waals surface area contributed by atoms with Crippen molar-refractivity contribution in [2.75, 3.05) is 12.3 Å². The Kier molecular flexibility index (Phi) is 12.3. The van der Waals surface area contributed by atoms with E-state index in [9.17, 15) is 53.3 Å². The van der Waals surface area contributed by atoms with Crippen molar-refractivity contribution >= 4 is 40.4 Å². The molecular weight excluding hydrogens is 735 g/mol. The lowest BCUT2D eigenvalue weighted by Gasteiger charge is -2.44. The van der Waals surface area contributed by atoms with E-state index in [1.165, 1.54) is 10.9 Å². The van der Waals surface area contributed by atoms with E-state index in [1.807, 2.05) is 30.3 Å². The van der Waals surface area contributed by atoms with Crippen LogP contribution in [-0.2, 0) is 47.9 Å². The molecule has 25 heteroatoms. The minimum Gasteiger partial charge on any atom is -0.394 e. The predicted octanol–water partition coefficient (Wildman–Crippen LogP) is -0.384. The largest absolute Gasteiger partial charge is 0.470 e. The second-order valence-corrected chi connectivity index (χ2v) is 15.0. The average molecular weight is 772 g/mol. The molecule has 2 saturated heterocycles. The first-order valence-corrected chi connectivity index (χ1v) is 19.5. The van der Waals surface area contributed by atoms with Crippen LogP contribution in [0.1, 0.15) is 31.1 Å². The number of benzene rings is 1. The standard InChI is InChI=1S/C25H36N5O17P3/c26-22-16-23(28-11-27-22)30(12-29-16)24-21(47-50(39,40)41)18(14(42-24)9-5-4-8-13-6-2-1-3-7-13)44-25-17(32)20(46-49(36,37)38)19(15(10-31)43-25)45-48(33,34)35/h1-3,6-7,11-12,14-15,17-21,24-25,31-32H,4-5,8-10H2,(H2,26,27,28)(H2,33,34,35)(H2,36,37,38)(H2,39,40,41)/t14-,15-,17-,18-,19-,20-,21-,24-,25-/m1/s1. The van der Waals surface area contributed by atoms with Crippen LogP contribution in [-0.4, -0.2) is 115 Å². The Morgan fingerprint density at radius 2 is 1.44 bits per heavy atom. The molecule has 4 heterocycles. The molecule has 0 amide bonds. The van der Waals surface area contributed by atoms with Crippen LogP contribution in [0.25, 0.3) is 11.2 Å². The van der Waals surface area contributed by atoms with Crippen molar-refractivity contribution < 1.29 is 81.1 Å². The molecule has 0 aliphatic carbocycles. The molecule has 0 radical (unpaired) electrons. The Morgan fingerprint density at radius 1 is 0.800 bits per heavy atom. The first-order chi connectivity index (χ1) is 23.4. The van der Waals surface area contributed by atoms with Crippen molar-refractivity contribution in [1.82, 2.24) is 19.5 Å². The Balaban J connectivity index is 1.49. The number of rotatable bonds is 15. The van der Waals surface area contributed by atoms with E-state index in [-0.39, 0.29) is 23.4 Å². The lowest BCUT2D eigenvalue weighted by molar-refractivity contribution is -0.312. The van der Waals surface area contributed by atoms with Gasteiger partial charge in [-0.05, 0) is 24.8 Å². The SMILES string of the molecule is Nc1ncnc2c1ncn2[C@@H]1O[C@H](CCCCc2ccccc2)[C@@H](O[C@H]2O[C@H](CO)[C@@H](OP(=O)(O)O)[C@H](OP(=O)(O)O)[C@H]2O)[C@H]1OP(=O)(O)O. The number of phosphoric acid groups is 3. The highest BCUT2D eigenvalue weighted by Gasteiger charge is 2.56. The fraction of sp³-hybridized carbons (Fsp3) is 0.560. The van der Waals surface area contributed by atoms with Crippen LogP contribution in [0.3, 0.4) is 0 Å². The molecule has 50 heavy (non-hydrogen) atoms. The van der Waals surface area contributed by atoms with Gasteiger partial charge in [0.1, 0.15) is 48.5 Å². The molecule has 1 aromatic carbocycles. The smallest absolute Gasteiger partial charge is 0.394 e. The summed E-state index contributed by atoms with van der Waals surface area (Å²) in [7, 11) is -16.3. The number of unbranched alkanes of at least 4 members (excludes halogenated alkanes) is 1. The molecule has 10 N–H and O–H groups in total. The van der Waals surface area contributed by atoms with Crippen molar-refractivity contribution in [2.45, 2.75) is 80.9 Å². The molecular formula is C25H36N5O17P3. The van der Waals surface area contributed by atoms with E-state index in [0.29, 0.717) is 19.3 Å². The average Bonchev–Trinajstić information content (AvgIpc) is 3.59. The normalized spacial score (nSPS) is 29.5. The third-order valence-corrected chi connectivity index (χ3v) is 9.41. The van der Waals surface area contributed by atoms with Gasteiger partial charge in [-0.1, -0.05) is 36.8 Å². The van der Waals surface area contributed by atoms with E-state index in [4.69, 9.17) is 24.5 Å². The number of imidazole rings is 1. The monoisotopic (exact) mass is 771 g/mol. The number of ether oxygens (including phenoxy) is 3. The highest BCUT2D eigenvalue weighted by molar-refractivity contribution is 7.46. The molecule has 0 spiro atoms. The molecule has 2 aliphatic rings. The van der Waals surface area contributed by atoms with Crippen molar-refractivity contribution in [3.05, 3.63) is 48.5 Å². The summed E-state index contributed by atoms with van der Waals surface area (Å²) in [5.74, 6) is -0.0126. The summed E-state index contributed by atoms with van der Waals surface area (Å²) < 4.78 is 69.3. The fourth-order valence-electron chi connectivity index (χ4n) is 5.85. The third-order valence-electron chi connectivity index (χ3n) is 7.86. The van der Waals surface area contributed by atoms with Gasteiger partial charge in [-0.15, -0.1) is 0 Å². The van der Waals surface area contributed by atoms with Crippen LogP contribution in [0.2, 0.25) is 0 Å². The molecule has 0 saturated carbocycles. The van der Waals surface area contributed by atoms with Gasteiger partial charge in [-0.3, -0.25) is 18.1 Å². The summed E-state index contributed by atoms with van der Waals surface area (Å²) in [6, 6.07) is 9.52. The van der Waals surface area contributed by atoms with Crippen LogP contribution < -0.4 is 5.73 Å². The van der Waals surface area contributed by atoms with Gasteiger partial charge in [-0.2, -0.15) is 0 Å². The number of aliphatic hydroxyl groups excluding tert-OH is 2. The van der Waals surface area contributed by atoms with E-state index >= 15 is 0 Å². The van der Waals surface area contributed by atoms with Gasteiger partial charge < -0.3 is 59.5 Å². The number of aromatic nitrogens is 4. The third kappa shape index (κ3) is 9.77. The maximum atomic E-state index is 12.3. The van der Waals surface area contributed by atoms with Crippen LogP contribution >= 0.6 is 23.5 Å². The summed E-state index contributed by atoms with van der Waals surface area (Å²) >= 11 is 0. The first kappa shape index (κ1) is 38.9. The zero-order chi connectivity index (χ0) is 36.4. The molecule has 2 fully saturated rings. The van der Waals surface area contributed by atoms with Crippen molar-refractivity contribution in [1.29, 1.82) is 0 Å². The van der Waals surface area contributed by atoms with Gasteiger partial charge in [0.25, 0.3) is 0 Å². The molecule has 2 aromatic heterocycles. The molecule has 2 aliphatic heterocycles. The summed E-state index contributed by atoms with van der Waals surface area (Å²) in [5.41, 5.74) is 7.18. The topological polar surface area (TPSA) is 338 Å². The van der Waals surface area contributed by atoms with E-state index < -0.39 is 85.3 Å². The molecule has 5 rings (SSSR count). The van der Waals surface area contributed by atoms with Crippen LogP contribution in [0.4, 0.5) is 5.82 Å². The Morgan fingerprint density at radius 3 is 2.08 bits per heavy atom. The quantitative estimate of drug-likeness (QED) is 0.0702. The maximum absolute atomic E-state index is 12.3. The molecule has 0 unspecified atom stereocenters. The summed E-state index contributed by atoms with van der Waals surface area (Å²) in [6.45, 7) is -1.09. The zero-order valence-corrected chi connectivity index (χ0v) is 28.4. The summed E-state index contributed by atoms with van der Waals surface area (Å²) in [6.07, 6.45) is -12.1. The van der Waals surface area contributed by atoms with Crippen LogP contribution in [0, 0.1) is 0 Å². The van der Waals surface area contributed by atoms with Crippen molar-refractivity contribution in [3.8, 4) is 0 Å². The van der Waals surface area contributed by atoms with Gasteiger partial charge in [0.05, 0.1) is 19.0 Å². The Labute approximate surface area is 282 Å². The lowest BCUT2D eigenvalue weighted by Crippen LogP contribution is -2.61. The number of hydrogen-bond donors (Lipinski definition) is 9. The van der Waals surface area contributed by atoms with E-state index in [0.717, 1.165) is 11.9 Å². The van der Waals surface area contributed by atoms with Crippen LogP contribution in [0.5, 0.6) is 0 Å². The van der Waals surface area contributed by atoms with Gasteiger partial charge in [0, 0.05) is 0 Å². The first-order valence-electron chi connectivity index (χ1n) is 14.9. The predicted molar refractivity (Wildman–Crippen MR) is 165 cm³/mol.